The summed E-state index contributed by atoms with van der Waals surface area (Å²) in [6, 6.07) is 0. The van der Waals surface area contributed by atoms with Crippen molar-refractivity contribution in [3.05, 3.63) is 34.6 Å². The van der Waals surface area contributed by atoms with Crippen LogP contribution in [-0.2, 0) is 0 Å². The van der Waals surface area contributed by atoms with Gasteiger partial charge >= 0.3 is 0 Å². The Balaban J connectivity index is 2.59. The van der Waals surface area contributed by atoms with Gasteiger partial charge in [0.1, 0.15) is 0 Å². The Hall–Kier alpha value is -0.560. The van der Waals surface area contributed by atoms with Crippen molar-refractivity contribution in [2.75, 3.05) is 0 Å². The third kappa shape index (κ3) is 0.450. The lowest BCUT2D eigenvalue weighted by molar-refractivity contribution is 1.94. The second-order valence-electron chi connectivity index (χ2n) is 1.76. The summed E-state index contributed by atoms with van der Waals surface area (Å²) in [6.07, 6.45) is 8.59. The van der Waals surface area contributed by atoms with E-state index in [0.29, 0.717) is 10.5 Å². The van der Waals surface area contributed by atoms with Crippen molar-refractivity contribution in [1.82, 2.24) is 0 Å². The van der Waals surface area contributed by atoms with Gasteiger partial charge in [0, 0.05) is 4.91 Å². The summed E-state index contributed by atoms with van der Waals surface area (Å²) >= 11 is 0. The average molecular weight is 122 g/mol. The molecule has 2 rings (SSSR count). The van der Waals surface area contributed by atoms with Crippen molar-refractivity contribution in [1.29, 1.82) is 0 Å². The minimum atomic E-state index is 0.377. The van der Waals surface area contributed by atoms with E-state index >= 15 is 0 Å². The molecule has 0 aromatic heterocycles. The van der Waals surface area contributed by atoms with Crippen LogP contribution in [0.15, 0.2) is 34.6 Å². The van der Waals surface area contributed by atoms with Gasteiger partial charge in [0.05, 0.1) is 0 Å². The largest absolute Gasteiger partial charge is 0.131 e. The van der Waals surface area contributed by atoms with Crippen LogP contribution in [0.2, 0.25) is 0 Å². The van der Waals surface area contributed by atoms with Crippen LogP contribution in [0.5, 0.6) is 0 Å². The predicted molar refractivity (Wildman–Crippen MR) is 40.0 cm³/mol. The third-order valence-corrected chi connectivity index (χ3v) is 2.96. The van der Waals surface area contributed by atoms with Crippen molar-refractivity contribution in [2.45, 2.75) is 0 Å². The van der Waals surface area contributed by atoms with Crippen molar-refractivity contribution in [3.8, 4) is 0 Å². The van der Waals surface area contributed by atoms with E-state index in [1.807, 2.05) is 0 Å². The molecule has 0 saturated carbocycles. The Morgan fingerprint density at radius 3 is 3.12 bits per heavy atom. The molecule has 0 aromatic carbocycles. The molecule has 2 heterocycles. The lowest BCUT2D eigenvalue weighted by Crippen LogP contribution is -1.55. The molecule has 1 unspecified atom stereocenters. The molecule has 0 saturated heterocycles. The van der Waals surface area contributed by atoms with Crippen molar-refractivity contribution < 1.29 is 0 Å². The van der Waals surface area contributed by atoms with Crippen LogP contribution >= 0.6 is 10.5 Å². The topological polar surface area (TPSA) is 0 Å². The summed E-state index contributed by atoms with van der Waals surface area (Å²) in [5, 5.41) is 4.46. The maximum Gasteiger partial charge on any atom is 0.00566 e. The van der Waals surface area contributed by atoms with Gasteiger partial charge in [0.25, 0.3) is 0 Å². The SMILES string of the molecule is C1=CC2=CC=CS2=C1. The summed E-state index contributed by atoms with van der Waals surface area (Å²) in [4.78, 5) is 1.46. The van der Waals surface area contributed by atoms with Crippen LogP contribution in [0.4, 0.5) is 0 Å². The molecule has 2 aliphatic rings. The number of rotatable bonds is 0. The zero-order chi connectivity index (χ0) is 5.40. The monoisotopic (exact) mass is 122 g/mol. The zero-order valence-electron chi connectivity index (χ0n) is 4.37. The zero-order valence-corrected chi connectivity index (χ0v) is 5.19. The molecule has 0 N–H and O–H groups in total. The quantitative estimate of drug-likeness (QED) is 0.431. The Morgan fingerprint density at radius 1 is 1.25 bits per heavy atom. The van der Waals surface area contributed by atoms with Gasteiger partial charge < -0.3 is 0 Å². The standard InChI is InChI=1S/C7H6S/c1-3-7-4-2-6-8(7)5-1/h1-6H. The molecule has 2 aliphatic heterocycles. The van der Waals surface area contributed by atoms with Crippen LogP contribution < -0.4 is 0 Å². The minimum absolute atomic E-state index is 0.377. The fourth-order valence-corrected chi connectivity index (χ4v) is 2.22. The first-order chi connectivity index (χ1) is 3.97. The number of fused-ring (bicyclic) bond motifs is 1. The van der Waals surface area contributed by atoms with E-state index in [-0.39, 0.29) is 0 Å². The molecule has 0 bridgehead atoms. The van der Waals surface area contributed by atoms with Gasteiger partial charge in [-0.2, -0.15) is 0 Å². The summed E-state index contributed by atoms with van der Waals surface area (Å²) in [5.41, 5.74) is 0. The van der Waals surface area contributed by atoms with E-state index in [4.69, 9.17) is 0 Å². The molecule has 0 aromatic rings. The van der Waals surface area contributed by atoms with Crippen LogP contribution in [0, 0.1) is 0 Å². The molecule has 0 nitrogen and oxygen atoms in total. The summed E-state index contributed by atoms with van der Waals surface area (Å²) < 4.78 is 0. The fraction of sp³-hybridized carbons (Fsp3) is 0. The molecule has 40 valence electrons. The van der Waals surface area contributed by atoms with Crippen molar-refractivity contribution in [2.24, 2.45) is 0 Å². The molecule has 0 aliphatic carbocycles. The summed E-state index contributed by atoms with van der Waals surface area (Å²) in [5.74, 6) is 0. The third-order valence-electron chi connectivity index (χ3n) is 1.24. The molecule has 1 atom stereocenters. The highest BCUT2D eigenvalue weighted by Gasteiger charge is 2.02. The second-order valence-corrected chi connectivity index (χ2v) is 3.52. The number of allylic oxidation sites excluding steroid dienone is 4. The lowest BCUT2D eigenvalue weighted by atomic mass is 10.4. The van der Waals surface area contributed by atoms with Gasteiger partial charge in [0.15, 0.2) is 0 Å². The molecule has 1 heteroatoms. The van der Waals surface area contributed by atoms with Crippen LogP contribution in [-0.4, -0.2) is 5.37 Å². The van der Waals surface area contributed by atoms with E-state index < -0.39 is 0 Å². The Morgan fingerprint density at radius 2 is 2.25 bits per heavy atom. The predicted octanol–water partition coefficient (Wildman–Crippen LogP) is 2.04. The molecular formula is C7H6S. The van der Waals surface area contributed by atoms with Crippen LogP contribution in [0.1, 0.15) is 0 Å². The van der Waals surface area contributed by atoms with E-state index in [9.17, 15) is 0 Å². The maximum absolute atomic E-state index is 2.23. The first-order valence-corrected chi connectivity index (χ1v) is 3.94. The molecule has 0 spiro atoms. The average Bonchev–Trinajstić information content (AvgIpc) is 2.15. The first kappa shape index (κ1) is 4.33. The molecule has 8 heavy (non-hydrogen) atoms. The van der Waals surface area contributed by atoms with Gasteiger partial charge in [-0.3, -0.25) is 0 Å². The fourth-order valence-electron chi connectivity index (χ4n) is 0.853. The van der Waals surface area contributed by atoms with Gasteiger partial charge in [-0.05, 0) is 22.9 Å². The lowest BCUT2D eigenvalue weighted by Gasteiger charge is -1.88. The van der Waals surface area contributed by atoms with Gasteiger partial charge in [-0.25, -0.2) is 0 Å². The van der Waals surface area contributed by atoms with Crippen molar-refractivity contribution >= 4 is 15.9 Å². The van der Waals surface area contributed by atoms with Crippen LogP contribution in [0.3, 0.4) is 0 Å². The maximum atomic E-state index is 2.23. The first-order valence-electron chi connectivity index (χ1n) is 2.59. The van der Waals surface area contributed by atoms with E-state index in [1.54, 1.807) is 0 Å². The molecule has 0 radical (unpaired) electrons. The number of hydrogen-bond acceptors (Lipinski definition) is 0. The van der Waals surface area contributed by atoms with Gasteiger partial charge in [-0.15, -0.1) is 10.5 Å². The second kappa shape index (κ2) is 1.46. The molecule has 0 amide bonds. The highest BCUT2D eigenvalue weighted by atomic mass is 32.2. The van der Waals surface area contributed by atoms with Gasteiger partial charge in [-0.1, -0.05) is 12.2 Å². The van der Waals surface area contributed by atoms with Gasteiger partial charge in [0.2, 0.25) is 0 Å². The summed E-state index contributed by atoms with van der Waals surface area (Å²) in [7, 11) is 0.377. The Kier molecular flexibility index (Phi) is 0.788. The van der Waals surface area contributed by atoms with E-state index in [0.717, 1.165) is 0 Å². The molecule has 0 fully saturated rings. The van der Waals surface area contributed by atoms with E-state index in [1.165, 1.54) is 4.91 Å². The molecular weight excluding hydrogens is 116 g/mol. The smallest absolute Gasteiger partial charge is 0.00566 e. The highest BCUT2D eigenvalue weighted by Crippen LogP contribution is 2.34. The number of hydrogen-bond donors (Lipinski definition) is 0. The highest BCUT2D eigenvalue weighted by molar-refractivity contribution is 8.21. The van der Waals surface area contributed by atoms with Crippen LogP contribution in [0.25, 0.3) is 0 Å². The summed E-state index contributed by atoms with van der Waals surface area (Å²) in [6.45, 7) is 0. The normalized spacial score (nSPS) is 30.0. The minimum Gasteiger partial charge on any atom is -0.131 e. The Bertz CT molecular complexity index is 203. The van der Waals surface area contributed by atoms with E-state index in [2.05, 4.69) is 35.1 Å². The van der Waals surface area contributed by atoms with Crippen molar-refractivity contribution in [3.63, 3.8) is 0 Å². The Labute approximate surface area is 51.1 Å².